The van der Waals surface area contributed by atoms with E-state index >= 15 is 0 Å². The average molecular weight is 345 g/mol. The summed E-state index contributed by atoms with van der Waals surface area (Å²) in [5, 5.41) is 9.11. The second kappa shape index (κ2) is 6.49. The largest absolute Gasteiger partial charge is 0.462 e. The normalized spacial score (nSPS) is 10.8. The zero-order valence-electron chi connectivity index (χ0n) is 13.6. The van der Waals surface area contributed by atoms with Gasteiger partial charge in [-0.05, 0) is 38.1 Å². The first-order valence-electron chi connectivity index (χ1n) is 7.53. The fourth-order valence-corrected chi connectivity index (χ4v) is 2.71. The number of hydrogen-bond acceptors (Lipinski definition) is 5. The number of nitrogens with one attached hydrogen (secondary N) is 1. The van der Waals surface area contributed by atoms with Crippen molar-refractivity contribution in [1.82, 2.24) is 14.8 Å². The second-order valence-electron chi connectivity index (χ2n) is 5.31. The predicted octanol–water partition coefficient (Wildman–Crippen LogP) is 3.85. The minimum absolute atomic E-state index is 0.295. The number of esters is 1. The number of rotatable bonds is 4. The maximum atomic E-state index is 12.3. The summed E-state index contributed by atoms with van der Waals surface area (Å²) in [5.41, 5.74) is 3.28. The lowest BCUT2D eigenvalue weighted by molar-refractivity contribution is 0.0527. The van der Waals surface area contributed by atoms with Gasteiger partial charge in [0.05, 0.1) is 23.4 Å². The Balaban J connectivity index is 2.18. The molecular weight excluding hydrogens is 328 g/mol. The molecule has 2 aromatic heterocycles. The van der Waals surface area contributed by atoms with E-state index in [9.17, 15) is 4.79 Å². The van der Waals surface area contributed by atoms with Gasteiger partial charge in [-0.15, -0.1) is 0 Å². The molecule has 6 nitrogen and oxygen atoms in total. The molecule has 2 heterocycles. The van der Waals surface area contributed by atoms with Crippen LogP contribution in [0.5, 0.6) is 0 Å². The SMILES string of the molecule is CCOC(=O)c1cnc2c(c(C)nn2C)c1Nc1ccc(Cl)cc1. The van der Waals surface area contributed by atoms with Crippen molar-refractivity contribution >= 4 is 40.0 Å². The summed E-state index contributed by atoms with van der Waals surface area (Å²) < 4.78 is 6.84. The van der Waals surface area contributed by atoms with Gasteiger partial charge in [0.15, 0.2) is 5.65 Å². The van der Waals surface area contributed by atoms with Crippen LogP contribution in [0.4, 0.5) is 11.4 Å². The summed E-state index contributed by atoms with van der Waals surface area (Å²) >= 11 is 5.94. The van der Waals surface area contributed by atoms with Crippen molar-refractivity contribution in [2.45, 2.75) is 13.8 Å². The molecular formula is C17H17ClN4O2. The van der Waals surface area contributed by atoms with E-state index in [4.69, 9.17) is 16.3 Å². The highest BCUT2D eigenvalue weighted by Gasteiger charge is 2.20. The number of benzene rings is 1. The molecule has 0 unspecified atom stereocenters. The smallest absolute Gasteiger partial charge is 0.341 e. The molecule has 1 aromatic carbocycles. The Labute approximate surface area is 144 Å². The van der Waals surface area contributed by atoms with Crippen molar-refractivity contribution in [2.24, 2.45) is 7.05 Å². The zero-order chi connectivity index (χ0) is 17.3. The number of aryl methyl sites for hydroxylation is 2. The van der Waals surface area contributed by atoms with Gasteiger partial charge in [-0.25, -0.2) is 9.78 Å². The molecule has 0 radical (unpaired) electrons. The van der Waals surface area contributed by atoms with Gasteiger partial charge >= 0.3 is 5.97 Å². The first kappa shape index (κ1) is 16.3. The van der Waals surface area contributed by atoms with Crippen LogP contribution in [0.25, 0.3) is 11.0 Å². The predicted molar refractivity (Wildman–Crippen MR) is 93.9 cm³/mol. The van der Waals surface area contributed by atoms with Gasteiger partial charge in [0.2, 0.25) is 0 Å². The Bertz CT molecular complexity index is 903. The molecule has 0 spiro atoms. The minimum Gasteiger partial charge on any atom is -0.462 e. The van der Waals surface area contributed by atoms with Gasteiger partial charge in [0.25, 0.3) is 0 Å². The lowest BCUT2D eigenvalue weighted by atomic mass is 10.1. The molecule has 24 heavy (non-hydrogen) atoms. The van der Waals surface area contributed by atoms with Crippen molar-refractivity contribution in [3.05, 3.63) is 46.7 Å². The van der Waals surface area contributed by atoms with E-state index in [1.807, 2.05) is 26.1 Å². The molecule has 1 N–H and O–H groups in total. The van der Waals surface area contributed by atoms with Crippen LogP contribution in [0, 0.1) is 6.92 Å². The van der Waals surface area contributed by atoms with E-state index in [-0.39, 0.29) is 0 Å². The first-order chi connectivity index (χ1) is 11.5. The van der Waals surface area contributed by atoms with Crippen LogP contribution in [0.1, 0.15) is 23.0 Å². The van der Waals surface area contributed by atoms with Crippen molar-refractivity contribution < 1.29 is 9.53 Å². The highest BCUT2D eigenvalue weighted by Crippen LogP contribution is 2.32. The third-order valence-electron chi connectivity index (χ3n) is 3.64. The van der Waals surface area contributed by atoms with Crippen LogP contribution >= 0.6 is 11.6 Å². The van der Waals surface area contributed by atoms with Crippen LogP contribution in [-0.4, -0.2) is 27.3 Å². The summed E-state index contributed by atoms with van der Waals surface area (Å²) in [5.74, 6) is -0.424. The Morgan fingerprint density at radius 3 is 2.71 bits per heavy atom. The number of hydrogen-bond donors (Lipinski definition) is 1. The third kappa shape index (κ3) is 2.92. The Morgan fingerprint density at radius 2 is 2.04 bits per heavy atom. The second-order valence-corrected chi connectivity index (χ2v) is 5.74. The van der Waals surface area contributed by atoms with Crippen LogP contribution in [0.15, 0.2) is 30.5 Å². The summed E-state index contributed by atoms with van der Waals surface area (Å²) in [4.78, 5) is 16.7. The lowest BCUT2D eigenvalue weighted by Crippen LogP contribution is -2.09. The molecule has 3 aromatic rings. The van der Waals surface area contributed by atoms with Gasteiger partial charge in [-0.1, -0.05) is 11.6 Å². The number of anilines is 2. The topological polar surface area (TPSA) is 69.0 Å². The minimum atomic E-state index is -0.424. The lowest BCUT2D eigenvalue weighted by Gasteiger charge is -2.13. The molecule has 0 amide bonds. The highest BCUT2D eigenvalue weighted by molar-refractivity contribution is 6.30. The number of ether oxygens (including phenoxy) is 1. The molecule has 0 aliphatic carbocycles. The van der Waals surface area contributed by atoms with Gasteiger partial charge in [0.1, 0.15) is 5.56 Å². The molecule has 0 aliphatic heterocycles. The molecule has 3 rings (SSSR count). The molecule has 0 saturated carbocycles. The summed E-state index contributed by atoms with van der Waals surface area (Å²) in [6.07, 6.45) is 1.51. The van der Waals surface area contributed by atoms with Crippen LogP contribution < -0.4 is 5.32 Å². The summed E-state index contributed by atoms with van der Waals surface area (Å²) in [7, 11) is 1.82. The molecule has 124 valence electrons. The van der Waals surface area contributed by atoms with E-state index in [0.717, 1.165) is 16.8 Å². The molecule has 7 heteroatoms. The quantitative estimate of drug-likeness (QED) is 0.728. The fourth-order valence-electron chi connectivity index (χ4n) is 2.58. The van der Waals surface area contributed by atoms with E-state index in [0.29, 0.717) is 28.5 Å². The van der Waals surface area contributed by atoms with Gasteiger partial charge in [0, 0.05) is 24.0 Å². The van der Waals surface area contributed by atoms with Crippen molar-refractivity contribution in [3.8, 4) is 0 Å². The first-order valence-corrected chi connectivity index (χ1v) is 7.91. The summed E-state index contributed by atoms with van der Waals surface area (Å²) in [6, 6.07) is 7.25. The zero-order valence-corrected chi connectivity index (χ0v) is 14.4. The van der Waals surface area contributed by atoms with E-state index in [1.165, 1.54) is 6.20 Å². The Kier molecular flexibility index (Phi) is 4.40. The standard InChI is InChI=1S/C17H17ClN4O2/c1-4-24-17(23)13-9-19-16-14(10(2)21-22(16)3)15(13)20-12-7-5-11(18)6-8-12/h5-9H,4H2,1-3H3,(H,19,20). The average Bonchev–Trinajstić information content (AvgIpc) is 2.85. The molecule has 0 saturated heterocycles. The van der Waals surface area contributed by atoms with Crippen molar-refractivity contribution in [3.63, 3.8) is 0 Å². The number of carbonyl (C=O) groups excluding carboxylic acids is 1. The van der Waals surface area contributed by atoms with E-state index in [1.54, 1.807) is 23.7 Å². The fraction of sp³-hybridized carbons (Fsp3) is 0.235. The van der Waals surface area contributed by atoms with Gasteiger partial charge in [-0.2, -0.15) is 5.10 Å². The highest BCUT2D eigenvalue weighted by atomic mass is 35.5. The van der Waals surface area contributed by atoms with Crippen LogP contribution in [-0.2, 0) is 11.8 Å². The van der Waals surface area contributed by atoms with Gasteiger partial charge < -0.3 is 10.1 Å². The number of pyridine rings is 1. The van der Waals surface area contributed by atoms with Crippen molar-refractivity contribution in [1.29, 1.82) is 0 Å². The molecule has 0 aliphatic rings. The Hall–Kier alpha value is -2.60. The monoisotopic (exact) mass is 344 g/mol. The molecule has 0 atom stereocenters. The summed E-state index contributed by atoms with van der Waals surface area (Å²) in [6.45, 7) is 3.95. The number of fused-ring (bicyclic) bond motifs is 1. The number of aromatic nitrogens is 3. The van der Waals surface area contributed by atoms with E-state index < -0.39 is 5.97 Å². The number of carbonyl (C=O) groups is 1. The third-order valence-corrected chi connectivity index (χ3v) is 3.89. The Morgan fingerprint density at radius 1 is 1.33 bits per heavy atom. The van der Waals surface area contributed by atoms with Crippen LogP contribution in [0.3, 0.4) is 0 Å². The van der Waals surface area contributed by atoms with E-state index in [2.05, 4.69) is 15.4 Å². The molecule has 0 fully saturated rings. The van der Waals surface area contributed by atoms with Gasteiger partial charge in [-0.3, -0.25) is 4.68 Å². The van der Waals surface area contributed by atoms with Crippen LogP contribution in [0.2, 0.25) is 5.02 Å². The number of halogens is 1. The maximum absolute atomic E-state index is 12.3. The molecule has 0 bridgehead atoms. The number of nitrogens with zero attached hydrogens (tertiary/aromatic N) is 3. The van der Waals surface area contributed by atoms with Crippen molar-refractivity contribution in [2.75, 3.05) is 11.9 Å². The maximum Gasteiger partial charge on any atom is 0.341 e.